The molecule has 2 aromatic heterocycles. The third-order valence-corrected chi connectivity index (χ3v) is 4.24. The van der Waals surface area contributed by atoms with E-state index in [4.69, 9.17) is 4.74 Å². The number of carbonyl (C=O) groups is 1. The number of hydrogen-bond acceptors (Lipinski definition) is 5. The molecule has 130 valence electrons. The molecule has 0 radical (unpaired) electrons. The van der Waals surface area contributed by atoms with Crippen LogP contribution in [0.25, 0.3) is 11.3 Å². The smallest absolute Gasteiger partial charge is 0.273 e. The first-order valence-corrected chi connectivity index (χ1v) is 8.83. The minimum atomic E-state index is -0.227. The van der Waals surface area contributed by atoms with Crippen LogP contribution in [0, 0.1) is 0 Å². The Hall–Kier alpha value is -2.64. The second kappa shape index (κ2) is 7.96. The Balaban J connectivity index is 1.57. The molecule has 0 aliphatic heterocycles. The van der Waals surface area contributed by atoms with E-state index >= 15 is 0 Å². The quantitative estimate of drug-likeness (QED) is 0.681. The molecule has 0 atom stereocenters. The van der Waals surface area contributed by atoms with Gasteiger partial charge in [0, 0.05) is 23.2 Å². The summed E-state index contributed by atoms with van der Waals surface area (Å²) >= 11 is 1.59. The maximum absolute atomic E-state index is 12.3. The van der Waals surface area contributed by atoms with E-state index in [1.165, 1.54) is 0 Å². The second-order valence-corrected chi connectivity index (χ2v) is 6.59. The first kappa shape index (κ1) is 17.2. The Morgan fingerprint density at radius 3 is 2.76 bits per heavy atom. The minimum absolute atomic E-state index is 0.227. The van der Waals surface area contributed by atoms with Gasteiger partial charge in [0.15, 0.2) is 0 Å². The van der Waals surface area contributed by atoms with Crippen molar-refractivity contribution >= 4 is 22.9 Å². The Bertz CT molecular complexity index is 810. The number of ether oxygens (including phenoxy) is 1. The first-order valence-electron chi connectivity index (χ1n) is 7.89. The molecule has 3 rings (SSSR count). The third kappa shape index (κ3) is 4.68. The van der Waals surface area contributed by atoms with Crippen molar-refractivity contribution in [2.24, 2.45) is 0 Å². The number of amides is 1. The summed E-state index contributed by atoms with van der Waals surface area (Å²) in [7, 11) is 4.00. The highest BCUT2D eigenvalue weighted by atomic mass is 32.1. The number of nitrogens with zero attached hydrogens (tertiary/aromatic N) is 2. The summed E-state index contributed by atoms with van der Waals surface area (Å²) in [5.41, 5.74) is 2.89. The number of H-pyrrole nitrogens is 1. The fourth-order valence-corrected chi connectivity index (χ4v) is 2.82. The lowest BCUT2D eigenvalue weighted by molar-refractivity contribution is 0.102. The van der Waals surface area contributed by atoms with Gasteiger partial charge in [-0.2, -0.15) is 16.4 Å². The summed E-state index contributed by atoms with van der Waals surface area (Å²) in [6, 6.07) is 11.0. The van der Waals surface area contributed by atoms with Gasteiger partial charge in [0.1, 0.15) is 18.1 Å². The van der Waals surface area contributed by atoms with Crippen LogP contribution >= 0.6 is 11.3 Å². The van der Waals surface area contributed by atoms with Crippen LogP contribution in [0.15, 0.2) is 47.2 Å². The van der Waals surface area contributed by atoms with Gasteiger partial charge in [-0.05, 0) is 55.9 Å². The molecule has 2 N–H and O–H groups in total. The maximum Gasteiger partial charge on any atom is 0.273 e. The first-order chi connectivity index (χ1) is 12.1. The number of carbonyl (C=O) groups excluding carboxylic acids is 1. The van der Waals surface area contributed by atoms with Crippen LogP contribution in [0.1, 0.15) is 10.5 Å². The van der Waals surface area contributed by atoms with E-state index in [0.717, 1.165) is 23.6 Å². The van der Waals surface area contributed by atoms with Gasteiger partial charge < -0.3 is 15.0 Å². The lowest BCUT2D eigenvalue weighted by Gasteiger charge is -2.11. The van der Waals surface area contributed by atoms with E-state index in [1.807, 2.05) is 55.2 Å². The van der Waals surface area contributed by atoms with E-state index in [9.17, 15) is 4.79 Å². The van der Waals surface area contributed by atoms with Crippen molar-refractivity contribution in [3.8, 4) is 17.0 Å². The van der Waals surface area contributed by atoms with Gasteiger partial charge in [-0.25, -0.2) is 0 Å². The van der Waals surface area contributed by atoms with Gasteiger partial charge >= 0.3 is 0 Å². The lowest BCUT2D eigenvalue weighted by Crippen LogP contribution is -2.19. The number of aromatic amines is 1. The van der Waals surface area contributed by atoms with E-state index in [-0.39, 0.29) is 5.91 Å². The van der Waals surface area contributed by atoms with E-state index in [2.05, 4.69) is 20.4 Å². The van der Waals surface area contributed by atoms with Gasteiger partial charge in [0.2, 0.25) is 0 Å². The molecule has 0 aliphatic carbocycles. The average Bonchev–Trinajstić information content (AvgIpc) is 3.27. The van der Waals surface area contributed by atoms with Crippen LogP contribution in [-0.2, 0) is 0 Å². The monoisotopic (exact) mass is 356 g/mol. The molecular weight excluding hydrogens is 336 g/mol. The van der Waals surface area contributed by atoms with Gasteiger partial charge in [0.05, 0.1) is 5.69 Å². The summed E-state index contributed by atoms with van der Waals surface area (Å²) in [5.74, 6) is 0.552. The molecule has 7 heteroatoms. The van der Waals surface area contributed by atoms with Crippen LogP contribution in [0.5, 0.6) is 5.75 Å². The predicted molar refractivity (Wildman–Crippen MR) is 100 cm³/mol. The van der Waals surface area contributed by atoms with Crippen LogP contribution < -0.4 is 10.1 Å². The van der Waals surface area contributed by atoms with Gasteiger partial charge in [-0.1, -0.05) is 0 Å². The van der Waals surface area contributed by atoms with Crippen molar-refractivity contribution < 1.29 is 9.53 Å². The van der Waals surface area contributed by atoms with Crippen molar-refractivity contribution in [2.45, 2.75) is 0 Å². The number of thiophene rings is 1. The molecule has 2 heterocycles. The molecule has 3 aromatic rings. The zero-order valence-electron chi connectivity index (χ0n) is 14.2. The van der Waals surface area contributed by atoms with Crippen LogP contribution in [0.2, 0.25) is 0 Å². The fraction of sp³-hybridized carbons (Fsp3) is 0.222. The highest BCUT2D eigenvalue weighted by Gasteiger charge is 2.11. The number of nitrogens with one attached hydrogen (secondary N) is 2. The molecule has 1 amide bonds. The number of anilines is 1. The molecule has 0 saturated heterocycles. The number of hydrogen-bond donors (Lipinski definition) is 2. The van der Waals surface area contributed by atoms with Crippen molar-refractivity contribution in [2.75, 3.05) is 32.6 Å². The van der Waals surface area contributed by atoms with Crippen molar-refractivity contribution in [1.82, 2.24) is 15.1 Å². The van der Waals surface area contributed by atoms with Gasteiger partial charge in [-0.15, -0.1) is 0 Å². The lowest BCUT2D eigenvalue weighted by atomic mass is 10.2. The molecule has 0 fully saturated rings. The summed E-state index contributed by atoms with van der Waals surface area (Å²) in [6.45, 7) is 1.48. The third-order valence-electron chi connectivity index (χ3n) is 3.56. The van der Waals surface area contributed by atoms with Gasteiger partial charge in [-0.3, -0.25) is 9.89 Å². The molecule has 0 saturated carbocycles. The molecule has 0 unspecified atom stereocenters. The standard InChI is InChI=1S/C18H20N4O2S/c1-22(2)8-9-24-15-5-3-14(4-6-15)19-18(23)17-11-16(20-21-17)13-7-10-25-12-13/h3-7,10-12H,8-9H2,1-2H3,(H,19,23)(H,20,21). The number of aromatic nitrogens is 2. The largest absolute Gasteiger partial charge is 0.492 e. The molecule has 0 spiro atoms. The Labute approximate surface area is 150 Å². The predicted octanol–water partition coefficient (Wildman–Crippen LogP) is 3.33. The van der Waals surface area contributed by atoms with E-state index < -0.39 is 0 Å². The second-order valence-electron chi connectivity index (χ2n) is 5.81. The molecule has 25 heavy (non-hydrogen) atoms. The zero-order chi connectivity index (χ0) is 17.6. The topological polar surface area (TPSA) is 70.2 Å². The highest BCUT2D eigenvalue weighted by molar-refractivity contribution is 7.08. The van der Waals surface area contributed by atoms with Crippen LogP contribution in [0.4, 0.5) is 5.69 Å². The Kier molecular flexibility index (Phi) is 5.47. The fourth-order valence-electron chi connectivity index (χ4n) is 2.18. The Morgan fingerprint density at radius 2 is 2.08 bits per heavy atom. The van der Waals surface area contributed by atoms with Crippen LogP contribution in [0.3, 0.4) is 0 Å². The molecule has 0 aliphatic rings. The number of benzene rings is 1. The van der Waals surface area contributed by atoms with E-state index in [1.54, 1.807) is 17.4 Å². The normalized spacial score (nSPS) is 10.8. The van der Waals surface area contributed by atoms with Crippen molar-refractivity contribution in [3.05, 3.63) is 52.9 Å². The number of rotatable bonds is 7. The van der Waals surface area contributed by atoms with Crippen molar-refractivity contribution in [1.29, 1.82) is 0 Å². The Morgan fingerprint density at radius 1 is 1.28 bits per heavy atom. The summed E-state index contributed by atoms with van der Waals surface area (Å²) in [4.78, 5) is 14.4. The minimum Gasteiger partial charge on any atom is -0.492 e. The molecule has 6 nitrogen and oxygen atoms in total. The molecule has 1 aromatic carbocycles. The van der Waals surface area contributed by atoms with Crippen molar-refractivity contribution in [3.63, 3.8) is 0 Å². The summed E-state index contributed by atoms with van der Waals surface area (Å²) < 4.78 is 5.64. The molecule has 0 bridgehead atoms. The zero-order valence-corrected chi connectivity index (χ0v) is 15.0. The van der Waals surface area contributed by atoms with Crippen LogP contribution in [-0.4, -0.2) is 48.3 Å². The maximum atomic E-state index is 12.3. The summed E-state index contributed by atoms with van der Waals surface area (Å²) in [6.07, 6.45) is 0. The number of likely N-dealkylation sites (N-methyl/N-ethyl adjacent to an activating group) is 1. The SMILES string of the molecule is CN(C)CCOc1ccc(NC(=O)c2cc(-c3ccsc3)n[nH]2)cc1. The average molecular weight is 356 g/mol. The highest BCUT2D eigenvalue weighted by Crippen LogP contribution is 2.21. The molecular formula is C18H20N4O2S. The van der Waals surface area contributed by atoms with Gasteiger partial charge in [0.25, 0.3) is 5.91 Å². The summed E-state index contributed by atoms with van der Waals surface area (Å²) in [5, 5.41) is 13.8. The van der Waals surface area contributed by atoms with E-state index in [0.29, 0.717) is 18.0 Å².